The third-order valence-electron chi connectivity index (χ3n) is 2.20. The lowest BCUT2D eigenvalue weighted by atomic mass is 10.2. The van der Waals surface area contributed by atoms with Gasteiger partial charge in [-0.2, -0.15) is 0 Å². The molecule has 0 saturated heterocycles. The van der Waals surface area contributed by atoms with Crippen molar-refractivity contribution in [3.8, 4) is 0 Å². The summed E-state index contributed by atoms with van der Waals surface area (Å²) in [5.41, 5.74) is 1.71. The Labute approximate surface area is 102 Å². The lowest BCUT2D eigenvalue weighted by molar-refractivity contribution is -0.384. The molecule has 0 aliphatic heterocycles. The second-order valence-electron chi connectivity index (χ2n) is 3.59. The normalized spacial score (nSPS) is 10.2. The van der Waals surface area contributed by atoms with E-state index >= 15 is 0 Å². The van der Waals surface area contributed by atoms with Gasteiger partial charge in [-0.15, -0.1) is 11.3 Å². The number of rotatable bonds is 4. The van der Waals surface area contributed by atoms with E-state index in [0.717, 1.165) is 16.3 Å². The first kappa shape index (κ1) is 11.5. The van der Waals surface area contributed by atoms with Crippen LogP contribution in [-0.4, -0.2) is 9.91 Å². The summed E-state index contributed by atoms with van der Waals surface area (Å²) in [5, 5.41) is 16.7. The minimum absolute atomic E-state index is 0.103. The van der Waals surface area contributed by atoms with E-state index in [-0.39, 0.29) is 10.6 Å². The number of thiazole rings is 1. The minimum atomic E-state index is -0.387. The average Bonchev–Trinajstić information content (AvgIpc) is 2.78. The third kappa shape index (κ3) is 3.01. The number of anilines is 1. The summed E-state index contributed by atoms with van der Waals surface area (Å²) in [6, 6.07) is 4.95. The first-order valence-electron chi connectivity index (χ1n) is 5.03. The van der Waals surface area contributed by atoms with E-state index in [2.05, 4.69) is 10.3 Å². The maximum absolute atomic E-state index is 10.7. The molecule has 1 heterocycles. The molecule has 0 atom stereocenters. The van der Waals surface area contributed by atoms with E-state index in [1.807, 2.05) is 18.4 Å². The predicted octanol–water partition coefficient (Wildman–Crippen LogP) is 2.97. The van der Waals surface area contributed by atoms with Crippen LogP contribution in [0.2, 0.25) is 0 Å². The van der Waals surface area contributed by atoms with Gasteiger partial charge in [0.1, 0.15) is 5.01 Å². The zero-order chi connectivity index (χ0) is 12.3. The fourth-order valence-corrected chi connectivity index (χ4v) is 2.04. The summed E-state index contributed by atoms with van der Waals surface area (Å²) in [7, 11) is 0. The molecule has 0 aliphatic rings. The highest BCUT2D eigenvalue weighted by atomic mass is 32.1. The largest absolute Gasteiger partial charge is 0.378 e. The Kier molecular flexibility index (Phi) is 3.34. The molecule has 5 nitrogen and oxygen atoms in total. The molecule has 1 aromatic heterocycles. The average molecular weight is 249 g/mol. The molecule has 0 unspecified atom stereocenters. The predicted molar refractivity (Wildman–Crippen MR) is 67.3 cm³/mol. The molecule has 0 bridgehead atoms. The van der Waals surface area contributed by atoms with Gasteiger partial charge in [0.05, 0.1) is 11.5 Å². The molecular weight excluding hydrogens is 238 g/mol. The molecule has 1 N–H and O–H groups in total. The number of aryl methyl sites for hydroxylation is 1. The molecule has 0 fully saturated rings. The molecule has 6 heteroatoms. The fraction of sp³-hybridized carbons (Fsp3) is 0.182. The Balaban J connectivity index is 2.13. The first-order chi connectivity index (χ1) is 8.15. The van der Waals surface area contributed by atoms with Gasteiger partial charge in [-0.05, 0) is 18.6 Å². The van der Waals surface area contributed by atoms with E-state index in [4.69, 9.17) is 0 Å². The second kappa shape index (κ2) is 4.92. The van der Waals surface area contributed by atoms with Gasteiger partial charge in [0.15, 0.2) is 0 Å². The van der Waals surface area contributed by atoms with E-state index < -0.39 is 0 Å². The molecule has 2 rings (SSSR count). The molecule has 17 heavy (non-hydrogen) atoms. The molecule has 0 aliphatic carbocycles. The van der Waals surface area contributed by atoms with E-state index in [1.54, 1.807) is 23.6 Å². The van der Waals surface area contributed by atoms with Crippen LogP contribution in [0.25, 0.3) is 0 Å². The highest BCUT2D eigenvalue weighted by molar-refractivity contribution is 7.09. The van der Waals surface area contributed by atoms with Crippen molar-refractivity contribution in [1.29, 1.82) is 0 Å². The zero-order valence-electron chi connectivity index (χ0n) is 9.21. The summed E-state index contributed by atoms with van der Waals surface area (Å²) < 4.78 is 0. The number of benzene rings is 1. The summed E-state index contributed by atoms with van der Waals surface area (Å²) in [6.07, 6.45) is 1.74. The van der Waals surface area contributed by atoms with Crippen LogP contribution in [-0.2, 0) is 6.54 Å². The van der Waals surface area contributed by atoms with Crippen LogP contribution >= 0.6 is 11.3 Å². The molecule has 88 valence electrons. The molecule has 0 spiro atoms. The van der Waals surface area contributed by atoms with Gasteiger partial charge in [-0.1, -0.05) is 0 Å². The van der Waals surface area contributed by atoms with Gasteiger partial charge in [0.2, 0.25) is 0 Å². The number of non-ortho nitro benzene ring substituents is 1. The number of nitrogens with one attached hydrogen (secondary N) is 1. The molecule has 0 amide bonds. The van der Waals surface area contributed by atoms with Crippen LogP contribution < -0.4 is 5.32 Å². The van der Waals surface area contributed by atoms with Crippen LogP contribution in [0.5, 0.6) is 0 Å². The Hall–Kier alpha value is -1.95. The minimum Gasteiger partial charge on any atom is -0.378 e. The summed E-state index contributed by atoms with van der Waals surface area (Å²) in [4.78, 5) is 14.5. The van der Waals surface area contributed by atoms with Gasteiger partial charge in [0.25, 0.3) is 5.69 Å². The number of nitro benzene ring substituents is 1. The van der Waals surface area contributed by atoms with Crippen LogP contribution in [0.4, 0.5) is 11.4 Å². The van der Waals surface area contributed by atoms with Crippen LogP contribution in [0, 0.1) is 17.0 Å². The SMILES string of the molecule is Cc1cc(NCc2nccs2)cc([N+](=O)[O-])c1. The monoisotopic (exact) mass is 249 g/mol. The highest BCUT2D eigenvalue weighted by Gasteiger charge is 2.07. The summed E-state index contributed by atoms with van der Waals surface area (Å²) in [5.74, 6) is 0. The van der Waals surface area contributed by atoms with Crippen molar-refractivity contribution in [3.63, 3.8) is 0 Å². The second-order valence-corrected chi connectivity index (χ2v) is 4.57. The van der Waals surface area contributed by atoms with Gasteiger partial charge >= 0.3 is 0 Å². The number of hydrogen-bond acceptors (Lipinski definition) is 5. The van der Waals surface area contributed by atoms with E-state index in [1.165, 1.54) is 6.07 Å². The highest BCUT2D eigenvalue weighted by Crippen LogP contribution is 2.21. The van der Waals surface area contributed by atoms with Gasteiger partial charge < -0.3 is 5.32 Å². The molecule has 0 saturated carbocycles. The van der Waals surface area contributed by atoms with Gasteiger partial charge in [-0.3, -0.25) is 10.1 Å². The van der Waals surface area contributed by atoms with Crippen molar-refractivity contribution < 1.29 is 4.92 Å². The third-order valence-corrected chi connectivity index (χ3v) is 2.98. The van der Waals surface area contributed by atoms with Crippen molar-refractivity contribution in [2.75, 3.05) is 5.32 Å². The van der Waals surface area contributed by atoms with E-state index in [0.29, 0.717) is 6.54 Å². The molecule has 0 radical (unpaired) electrons. The summed E-state index contributed by atoms with van der Waals surface area (Å²) >= 11 is 1.55. The van der Waals surface area contributed by atoms with Crippen LogP contribution in [0.3, 0.4) is 0 Å². The number of hydrogen-bond donors (Lipinski definition) is 1. The molecule has 2 aromatic rings. The molecule has 1 aromatic carbocycles. The zero-order valence-corrected chi connectivity index (χ0v) is 10.0. The Morgan fingerprint density at radius 1 is 1.47 bits per heavy atom. The Morgan fingerprint density at radius 3 is 2.94 bits per heavy atom. The quantitative estimate of drug-likeness (QED) is 0.668. The number of nitro groups is 1. The summed E-state index contributed by atoms with van der Waals surface area (Å²) in [6.45, 7) is 2.42. The van der Waals surface area contributed by atoms with Crippen molar-refractivity contribution in [3.05, 3.63) is 50.5 Å². The van der Waals surface area contributed by atoms with Crippen molar-refractivity contribution in [2.24, 2.45) is 0 Å². The first-order valence-corrected chi connectivity index (χ1v) is 5.91. The Bertz CT molecular complexity index is 526. The van der Waals surface area contributed by atoms with E-state index in [9.17, 15) is 10.1 Å². The van der Waals surface area contributed by atoms with Crippen molar-refractivity contribution >= 4 is 22.7 Å². The van der Waals surface area contributed by atoms with Gasteiger partial charge in [0, 0.05) is 29.4 Å². The number of nitrogens with zero attached hydrogens (tertiary/aromatic N) is 2. The smallest absolute Gasteiger partial charge is 0.271 e. The molecular formula is C11H11N3O2S. The fourth-order valence-electron chi connectivity index (χ4n) is 1.49. The van der Waals surface area contributed by atoms with Crippen molar-refractivity contribution in [2.45, 2.75) is 13.5 Å². The Morgan fingerprint density at radius 2 is 2.29 bits per heavy atom. The lowest BCUT2D eigenvalue weighted by Crippen LogP contribution is -2.00. The number of aromatic nitrogens is 1. The maximum Gasteiger partial charge on any atom is 0.271 e. The van der Waals surface area contributed by atoms with Crippen molar-refractivity contribution in [1.82, 2.24) is 4.98 Å². The van der Waals surface area contributed by atoms with Crippen LogP contribution in [0.1, 0.15) is 10.6 Å². The van der Waals surface area contributed by atoms with Gasteiger partial charge in [-0.25, -0.2) is 4.98 Å². The van der Waals surface area contributed by atoms with Crippen LogP contribution in [0.15, 0.2) is 29.8 Å². The topological polar surface area (TPSA) is 68.1 Å². The lowest BCUT2D eigenvalue weighted by Gasteiger charge is -2.05. The standard InChI is InChI=1S/C11H11N3O2S/c1-8-4-9(6-10(5-8)14(15)16)13-7-11-12-2-3-17-11/h2-6,13H,7H2,1H3. The maximum atomic E-state index is 10.7.